The Balaban J connectivity index is 2.91. The molecular formula is C14H20F3N. The molecule has 2 unspecified atom stereocenters. The first-order valence-corrected chi connectivity index (χ1v) is 6.13. The van der Waals surface area contributed by atoms with Crippen molar-refractivity contribution < 1.29 is 13.2 Å². The van der Waals surface area contributed by atoms with Gasteiger partial charge in [-0.05, 0) is 36.8 Å². The van der Waals surface area contributed by atoms with E-state index in [2.05, 4.69) is 0 Å². The van der Waals surface area contributed by atoms with Crippen molar-refractivity contribution in [2.75, 3.05) is 0 Å². The number of rotatable bonds is 4. The van der Waals surface area contributed by atoms with Gasteiger partial charge in [0.25, 0.3) is 0 Å². The normalized spacial score (nSPS) is 15.8. The molecule has 0 spiro atoms. The molecule has 0 saturated carbocycles. The lowest BCUT2D eigenvalue weighted by molar-refractivity contribution is -0.137. The second-order valence-electron chi connectivity index (χ2n) is 5.17. The van der Waals surface area contributed by atoms with Crippen molar-refractivity contribution in [1.29, 1.82) is 0 Å². The SMILES string of the molecule is CC(C)C(Cc1cccc(C(F)(F)F)c1)C(C)N. The molecule has 0 heterocycles. The summed E-state index contributed by atoms with van der Waals surface area (Å²) in [5.74, 6) is 0.535. The number of benzene rings is 1. The summed E-state index contributed by atoms with van der Waals surface area (Å²) in [6.07, 6.45) is -3.70. The third-order valence-corrected chi connectivity index (χ3v) is 3.26. The van der Waals surface area contributed by atoms with Gasteiger partial charge in [0, 0.05) is 6.04 Å². The quantitative estimate of drug-likeness (QED) is 0.872. The van der Waals surface area contributed by atoms with Gasteiger partial charge in [-0.1, -0.05) is 32.0 Å². The first-order valence-electron chi connectivity index (χ1n) is 6.13. The first kappa shape index (κ1) is 15.0. The molecule has 0 aliphatic carbocycles. The number of hydrogen-bond donors (Lipinski definition) is 1. The maximum atomic E-state index is 12.6. The van der Waals surface area contributed by atoms with Crippen LogP contribution in [0.5, 0.6) is 0 Å². The third kappa shape index (κ3) is 4.02. The van der Waals surface area contributed by atoms with Gasteiger partial charge in [-0.3, -0.25) is 0 Å². The Kier molecular flexibility index (Phi) is 4.79. The summed E-state index contributed by atoms with van der Waals surface area (Å²) in [5.41, 5.74) is 5.99. The number of halogens is 3. The molecule has 102 valence electrons. The standard InChI is InChI=1S/C14H20F3N/c1-9(2)13(10(3)18)8-11-5-4-6-12(7-11)14(15,16)17/h4-7,9-10,13H,8,18H2,1-3H3. The van der Waals surface area contributed by atoms with Crippen LogP contribution in [0.2, 0.25) is 0 Å². The molecule has 1 aromatic carbocycles. The Hall–Kier alpha value is -1.03. The first-order chi connectivity index (χ1) is 8.21. The van der Waals surface area contributed by atoms with E-state index in [0.29, 0.717) is 17.9 Å². The smallest absolute Gasteiger partial charge is 0.328 e. The molecule has 0 bridgehead atoms. The maximum absolute atomic E-state index is 12.6. The van der Waals surface area contributed by atoms with Crippen molar-refractivity contribution in [2.45, 2.75) is 39.4 Å². The van der Waals surface area contributed by atoms with E-state index in [1.165, 1.54) is 12.1 Å². The van der Waals surface area contributed by atoms with Gasteiger partial charge in [-0.15, -0.1) is 0 Å². The summed E-state index contributed by atoms with van der Waals surface area (Å²) in [5, 5.41) is 0. The molecule has 0 aliphatic rings. The van der Waals surface area contributed by atoms with Crippen molar-refractivity contribution in [2.24, 2.45) is 17.6 Å². The summed E-state index contributed by atoms with van der Waals surface area (Å²) in [4.78, 5) is 0. The predicted octanol–water partition coefficient (Wildman–Crippen LogP) is 3.87. The Labute approximate surface area is 106 Å². The van der Waals surface area contributed by atoms with Crippen LogP contribution in [-0.4, -0.2) is 6.04 Å². The molecule has 2 N–H and O–H groups in total. The molecule has 2 atom stereocenters. The monoisotopic (exact) mass is 259 g/mol. The average Bonchev–Trinajstić information content (AvgIpc) is 2.24. The van der Waals surface area contributed by atoms with E-state index in [1.54, 1.807) is 6.07 Å². The van der Waals surface area contributed by atoms with E-state index < -0.39 is 11.7 Å². The van der Waals surface area contributed by atoms with Crippen molar-refractivity contribution in [1.82, 2.24) is 0 Å². The zero-order chi connectivity index (χ0) is 13.9. The molecule has 0 radical (unpaired) electrons. The van der Waals surface area contributed by atoms with Crippen LogP contribution >= 0.6 is 0 Å². The molecule has 0 saturated heterocycles. The van der Waals surface area contributed by atoms with E-state index in [9.17, 15) is 13.2 Å². The van der Waals surface area contributed by atoms with Gasteiger partial charge in [0.2, 0.25) is 0 Å². The minimum Gasteiger partial charge on any atom is -0.328 e. The lowest BCUT2D eigenvalue weighted by atomic mass is 9.84. The van der Waals surface area contributed by atoms with Gasteiger partial charge in [0.05, 0.1) is 5.56 Å². The molecular weight excluding hydrogens is 239 g/mol. The fourth-order valence-corrected chi connectivity index (χ4v) is 2.18. The van der Waals surface area contributed by atoms with E-state index >= 15 is 0 Å². The Morgan fingerprint density at radius 1 is 1.17 bits per heavy atom. The number of nitrogens with two attached hydrogens (primary N) is 1. The second kappa shape index (κ2) is 5.74. The van der Waals surface area contributed by atoms with Crippen LogP contribution in [0.25, 0.3) is 0 Å². The Morgan fingerprint density at radius 2 is 1.78 bits per heavy atom. The molecule has 4 heteroatoms. The lowest BCUT2D eigenvalue weighted by Crippen LogP contribution is -2.32. The summed E-state index contributed by atoms with van der Waals surface area (Å²) in [6.45, 7) is 5.99. The summed E-state index contributed by atoms with van der Waals surface area (Å²) >= 11 is 0. The highest BCUT2D eigenvalue weighted by Gasteiger charge is 2.30. The lowest BCUT2D eigenvalue weighted by Gasteiger charge is -2.25. The highest BCUT2D eigenvalue weighted by molar-refractivity contribution is 5.26. The molecule has 0 amide bonds. The van der Waals surface area contributed by atoms with E-state index in [0.717, 1.165) is 6.07 Å². The fraction of sp³-hybridized carbons (Fsp3) is 0.571. The molecule has 1 rings (SSSR count). The van der Waals surface area contributed by atoms with E-state index in [-0.39, 0.29) is 12.0 Å². The van der Waals surface area contributed by atoms with Gasteiger partial charge >= 0.3 is 6.18 Å². The molecule has 0 fully saturated rings. The van der Waals surface area contributed by atoms with Gasteiger partial charge < -0.3 is 5.73 Å². The van der Waals surface area contributed by atoms with Crippen LogP contribution in [0.1, 0.15) is 31.9 Å². The minimum absolute atomic E-state index is 0.0282. The van der Waals surface area contributed by atoms with Crippen molar-refractivity contribution >= 4 is 0 Å². The Bertz CT molecular complexity index is 375. The summed E-state index contributed by atoms with van der Waals surface area (Å²) in [6, 6.07) is 5.47. The predicted molar refractivity (Wildman–Crippen MR) is 67.1 cm³/mol. The van der Waals surface area contributed by atoms with Crippen LogP contribution in [0, 0.1) is 11.8 Å². The van der Waals surface area contributed by atoms with E-state index in [4.69, 9.17) is 5.73 Å². The van der Waals surface area contributed by atoms with E-state index in [1.807, 2.05) is 20.8 Å². The van der Waals surface area contributed by atoms with Gasteiger partial charge in [-0.25, -0.2) is 0 Å². The largest absolute Gasteiger partial charge is 0.416 e. The fourth-order valence-electron chi connectivity index (χ4n) is 2.18. The van der Waals surface area contributed by atoms with Crippen molar-refractivity contribution in [3.8, 4) is 0 Å². The number of hydrogen-bond acceptors (Lipinski definition) is 1. The summed E-state index contributed by atoms with van der Waals surface area (Å²) in [7, 11) is 0. The Morgan fingerprint density at radius 3 is 2.22 bits per heavy atom. The topological polar surface area (TPSA) is 26.0 Å². The molecule has 18 heavy (non-hydrogen) atoms. The van der Waals surface area contributed by atoms with Crippen LogP contribution in [0.4, 0.5) is 13.2 Å². The zero-order valence-corrected chi connectivity index (χ0v) is 11.0. The second-order valence-corrected chi connectivity index (χ2v) is 5.17. The van der Waals surface area contributed by atoms with Crippen LogP contribution < -0.4 is 5.73 Å². The van der Waals surface area contributed by atoms with Crippen LogP contribution in [-0.2, 0) is 12.6 Å². The number of alkyl halides is 3. The van der Waals surface area contributed by atoms with Gasteiger partial charge in [0.1, 0.15) is 0 Å². The van der Waals surface area contributed by atoms with Gasteiger partial charge in [0.15, 0.2) is 0 Å². The highest BCUT2D eigenvalue weighted by Crippen LogP contribution is 2.30. The third-order valence-electron chi connectivity index (χ3n) is 3.26. The van der Waals surface area contributed by atoms with Crippen molar-refractivity contribution in [3.63, 3.8) is 0 Å². The summed E-state index contributed by atoms with van der Waals surface area (Å²) < 4.78 is 37.8. The van der Waals surface area contributed by atoms with Gasteiger partial charge in [-0.2, -0.15) is 13.2 Å². The highest BCUT2D eigenvalue weighted by atomic mass is 19.4. The minimum atomic E-state index is -4.28. The molecule has 0 aromatic heterocycles. The molecule has 1 nitrogen and oxygen atoms in total. The maximum Gasteiger partial charge on any atom is 0.416 e. The zero-order valence-electron chi connectivity index (χ0n) is 11.0. The van der Waals surface area contributed by atoms with Crippen LogP contribution in [0.15, 0.2) is 24.3 Å². The van der Waals surface area contributed by atoms with Crippen molar-refractivity contribution in [3.05, 3.63) is 35.4 Å². The average molecular weight is 259 g/mol. The van der Waals surface area contributed by atoms with Crippen LogP contribution in [0.3, 0.4) is 0 Å². The molecule has 0 aliphatic heterocycles. The molecule has 1 aromatic rings.